The summed E-state index contributed by atoms with van der Waals surface area (Å²) in [4.78, 5) is 4.49. The molecule has 0 saturated heterocycles. The Balaban J connectivity index is 2.10. The van der Waals surface area contributed by atoms with Crippen molar-refractivity contribution in [1.82, 2.24) is 15.2 Å². The fraction of sp³-hybridized carbons (Fsp3) is 0.471. The minimum absolute atomic E-state index is 0.526. The van der Waals surface area contributed by atoms with Crippen molar-refractivity contribution in [3.63, 3.8) is 0 Å². The van der Waals surface area contributed by atoms with Gasteiger partial charge >= 0.3 is 0 Å². The Morgan fingerprint density at radius 2 is 2.05 bits per heavy atom. The van der Waals surface area contributed by atoms with Crippen LogP contribution in [0.5, 0.6) is 0 Å². The Labute approximate surface area is 132 Å². The third-order valence-electron chi connectivity index (χ3n) is 3.56. The fourth-order valence-corrected chi connectivity index (χ4v) is 2.24. The molecular formula is C17H25N5. The molecule has 0 radical (unpaired) electrons. The number of nitrogens with zero attached hydrogens (tertiary/aromatic N) is 3. The van der Waals surface area contributed by atoms with E-state index in [1.54, 1.807) is 6.20 Å². The number of nitrogens with one attached hydrogen (secondary N) is 2. The van der Waals surface area contributed by atoms with E-state index in [9.17, 15) is 0 Å². The Morgan fingerprint density at radius 3 is 2.77 bits per heavy atom. The molecule has 1 aromatic carbocycles. The number of rotatable bonds is 7. The molecule has 0 saturated carbocycles. The van der Waals surface area contributed by atoms with Crippen LogP contribution in [0.15, 0.2) is 24.4 Å². The van der Waals surface area contributed by atoms with Crippen molar-refractivity contribution in [2.45, 2.75) is 40.5 Å². The molecule has 1 aromatic heterocycles. The lowest BCUT2D eigenvalue weighted by molar-refractivity contribution is 0.606. The summed E-state index contributed by atoms with van der Waals surface area (Å²) in [6.45, 7) is 9.53. The molecule has 2 rings (SSSR count). The van der Waals surface area contributed by atoms with Gasteiger partial charge in [-0.25, -0.2) is 0 Å². The summed E-state index contributed by atoms with van der Waals surface area (Å²) >= 11 is 0. The topological polar surface area (TPSA) is 62.7 Å². The van der Waals surface area contributed by atoms with E-state index in [2.05, 4.69) is 71.7 Å². The van der Waals surface area contributed by atoms with Crippen LogP contribution in [0.3, 0.4) is 0 Å². The molecule has 0 atom stereocenters. The van der Waals surface area contributed by atoms with Crippen molar-refractivity contribution >= 4 is 17.5 Å². The molecule has 2 N–H and O–H groups in total. The normalized spacial score (nSPS) is 10.8. The number of benzene rings is 1. The molecule has 0 unspecified atom stereocenters. The molecule has 5 nitrogen and oxygen atoms in total. The van der Waals surface area contributed by atoms with E-state index in [1.165, 1.54) is 11.1 Å². The average molecular weight is 299 g/mol. The van der Waals surface area contributed by atoms with Crippen LogP contribution in [0.1, 0.15) is 38.3 Å². The fourth-order valence-electron chi connectivity index (χ4n) is 2.24. The van der Waals surface area contributed by atoms with Crippen LogP contribution in [-0.4, -0.2) is 21.7 Å². The quantitative estimate of drug-likeness (QED) is 0.810. The zero-order valence-electron chi connectivity index (χ0n) is 13.8. The first-order chi connectivity index (χ1) is 10.6. The largest absolute Gasteiger partial charge is 0.369 e. The second kappa shape index (κ2) is 7.73. The number of para-hydroxylation sites is 1. The van der Waals surface area contributed by atoms with Gasteiger partial charge in [-0.05, 0) is 36.8 Å². The first kappa shape index (κ1) is 16.2. The van der Waals surface area contributed by atoms with Gasteiger partial charge in [0.15, 0.2) is 5.82 Å². The van der Waals surface area contributed by atoms with Crippen molar-refractivity contribution in [1.29, 1.82) is 0 Å². The third-order valence-corrected chi connectivity index (χ3v) is 3.56. The number of hydrogen-bond acceptors (Lipinski definition) is 5. The SMILES string of the molecule is CCc1cccc(C)c1Nc1nncc(NCCC(C)C)n1. The molecule has 0 amide bonds. The molecule has 0 aliphatic rings. The maximum Gasteiger partial charge on any atom is 0.249 e. The van der Waals surface area contributed by atoms with Crippen molar-refractivity contribution in [2.75, 3.05) is 17.2 Å². The van der Waals surface area contributed by atoms with Crippen molar-refractivity contribution in [3.8, 4) is 0 Å². The molecule has 0 bridgehead atoms. The Hall–Kier alpha value is -2.17. The molecule has 2 aromatic rings. The summed E-state index contributed by atoms with van der Waals surface area (Å²) in [7, 11) is 0. The van der Waals surface area contributed by atoms with Gasteiger partial charge in [-0.15, -0.1) is 5.10 Å². The minimum atomic E-state index is 0.526. The van der Waals surface area contributed by atoms with Crippen LogP contribution < -0.4 is 10.6 Å². The molecule has 22 heavy (non-hydrogen) atoms. The summed E-state index contributed by atoms with van der Waals surface area (Å²) in [6, 6.07) is 6.27. The predicted molar refractivity (Wildman–Crippen MR) is 91.6 cm³/mol. The Bertz CT molecular complexity index is 610. The number of aryl methyl sites for hydroxylation is 2. The number of aromatic nitrogens is 3. The number of hydrogen-bond donors (Lipinski definition) is 2. The zero-order chi connectivity index (χ0) is 15.9. The van der Waals surface area contributed by atoms with E-state index >= 15 is 0 Å². The highest BCUT2D eigenvalue weighted by Crippen LogP contribution is 2.23. The van der Waals surface area contributed by atoms with Gasteiger partial charge < -0.3 is 10.6 Å². The Morgan fingerprint density at radius 1 is 1.23 bits per heavy atom. The van der Waals surface area contributed by atoms with Crippen LogP contribution in [0, 0.1) is 12.8 Å². The standard InChI is InChI=1S/C17H25N5/c1-5-14-8-6-7-13(4)16(14)21-17-20-15(11-19-22-17)18-10-9-12(2)3/h6-8,11-12H,5,9-10H2,1-4H3,(H2,18,20,21,22). The highest BCUT2D eigenvalue weighted by molar-refractivity contribution is 5.63. The van der Waals surface area contributed by atoms with Crippen LogP contribution in [0.2, 0.25) is 0 Å². The molecule has 1 heterocycles. The molecular weight excluding hydrogens is 274 g/mol. The lowest BCUT2D eigenvalue weighted by Crippen LogP contribution is -2.09. The van der Waals surface area contributed by atoms with E-state index in [1.807, 2.05) is 0 Å². The van der Waals surface area contributed by atoms with Crippen molar-refractivity contribution in [3.05, 3.63) is 35.5 Å². The molecule has 0 spiro atoms. The maximum absolute atomic E-state index is 4.49. The van der Waals surface area contributed by atoms with Crippen LogP contribution >= 0.6 is 0 Å². The first-order valence-electron chi connectivity index (χ1n) is 7.89. The van der Waals surface area contributed by atoms with Crippen molar-refractivity contribution < 1.29 is 0 Å². The van der Waals surface area contributed by atoms with Gasteiger partial charge in [0.2, 0.25) is 5.95 Å². The summed E-state index contributed by atoms with van der Waals surface area (Å²) in [5.74, 6) is 1.95. The second-order valence-corrected chi connectivity index (χ2v) is 5.86. The van der Waals surface area contributed by atoms with E-state index in [4.69, 9.17) is 0 Å². The predicted octanol–water partition coefficient (Wildman–Crippen LogP) is 3.94. The van der Waals surface area contributed by atoms with Gasteiger partial charge in [-0.1, -0.05) is 39.0 Å². The summed E-state index contributed by atoms with van der Waals surface area (Å²) in [5, 5.41) is 14.7. The minimum Gasteiger partial charge on any atom is -0.369 e. The van der Waals surface area contributed by atoms with Gasteiger partial charge in [0.1, 0.15) is 0 Å². The van der Waals surface area contributed by atoms with Gasteiger partial charge in [-0.2, -0.15) is 10.1 Å². The molecule has 0 fully saturated rings. The van der Waals surface area contributed by atoms with Gasteiger partial charge in [0, 0.05) is 12.2 Å². The van der Waals surface area contributed by atoms with Gasteiger partial charge in [-0.3, -0.25) is 0 Å². The summed E-state index contributed by atoms with van der Waals surface area (Å²) in [5.41, 5.74) is 3.51. The maximum atomic E-state index is 4.49. The van der Waals surface area contributed by atoms with Crippen molar-refractivity contribution in [2.24, 2.45) is 5.92 Å². The molecule has 118 valence electrons. The highest BCUT2D eigenvalue weighted by Gasteiger charge is 2.07. The number of anilines is 3. The molecule has 0 aliphatic heterocycles. The van der Waals surface area contributed by atoms with Gasteiger partial charge in [0.05, 0.1) is 6.20 Å². The monoisotopic (exact) mass is 299 g/mol. The second-order valence-electron chi connectivity index (χ2n) is 5.86. The van der Waals surface area contributed by atoms with E-state index in [0.29, 0.717) is 11.9 Å². The zero-order valence-corrected chi connectivity index (χ0v) is 13.8. The van der Waals surface area contributed by atoms with E-state index in [0.717, 1.165) is 30.9 Å². The lowest BCUT2D eigenvalue weighted by Gasteiger charge is -2.13. The molecule has 5 heteroatoms. The third kappa shape index (κ3) is 4.41. The Kier molecular flexibility index (Phi) is 5.69. The van der Waals surface area contributed by atoms with Gasteiger partial charge in [0.25, 0.3) is 0 Å². The lowest BCUT2D eigenvalue weighted by atomic mass is 10.1. The first-order valence-corrected chi connectivity index (χ1v) is 7.89. The van der Waals surface area contributed by atoms with Crippen LogP contribution in [-0.2, 0) is 6.42 Å². The smallest absolute Gasteiger partial charge is 0.249 e. The highest BCUT2D eigenvalue weighted by atomic mass is 15.3. The van der Waals surface area contributed by atoms with E-state index < -0.39 is 0 Å². The summed E-state index contributed by atoms with van der Waals surface area (Å²) < 4.78 is 0. The molecule has 0 aliphatic carbocycles. The van der Waals surface area contributed by atoms with Crippen LogP contribution in [0.25, 0.3) is 0 Å². The summed E-state index contributed by atoms with van der Waals surface area (Å²) in [6.07, 6.45) is 3.72. The van der Waals surface area contributed by atoms with E-state index in [-0.39, 0.29) is 0 Å². The average Bonchev–Trinajstić information content (AvgIpc) is 2.49. The van der Waals surface area contributed by atoms with Crippen LogP contribution in [0.4, 0.5) is 17.5 Å².